The fourth-order valence-corrected chi connectivity index (χ4v) is 3.50. The van der Waals surface area contributed by atoms with Crippen LogP contribution in [0.25, 0.3) is 5.82 Å². The number of nitrogens with zero attached hydrogens (tertiary/aromatic N) is 3. The largest absolute Gasteiger partial charge is 0.384 e. The zero-order valence-corrected chi connectivity index (χ0v) is 18.2. The average molecular weight is 430 g/mol. The Hall–Kier alpha value is -1.67. The number of nitrogens with one attached hydrogen (secondary N) is 2. The lowest BCUT2D eigenvalue weighted by molar-refractivity contribution is -0.136. The van der Waals surface area contributed by atoms with Crippen molar-refractivity contribution in [2.24, 2.45) is 5.41 Å². The Labute approximate surface area is 178 Å². The van der Waals surface area contributed by atoms with Gasteiger partial charge in [-0.15, -0.1) is 24.8 Å². The number of carbonyl (C=O) groups excluding carboxylic acids is 1. The van der Waals surface area contributed by atoms with E-state index in [0.29, 0.717) is 13.2 Å². The van der Waals surface area contributed by atoms with Gasteiger partial charge in [-0.25, -0.2) is 9.67 Å². The monoisotopic (exact) mass is 429 g/mol. The summed E-state index contributed by atoms with van der Waals surface area (Å²) in [6.45, 7) is 6.57. The van der Waals surface area contributed by atoms with Crippen LogP contribution in [0.2, 0.25) is 0 Å². The summed E-state index contributed by atoms with van der Waals surface area (Å²) in [6.07, 6.45) is 3.38. The smallest absolute Gasteiger partial charge is 0.228 e. The van der Waals surface area contributed by atoms with Crippen LogP contribution in [0.5, 0.6) is 0 Å². The number of amides is 1. The molecule has 0 radical (unpaired) electrons. The van der Waals surface area contributed by atoms with Gasteiger partial charge in [-0.1, -0.05) is 6.07 Å². The Balaban J connectivity index is 0.00000196. The summed E-state index contributed by atoms with van der Waals surface area (Å²) in [6, 6.07) is 5.92. The highest BCUT2D eigenvalue weighted by Gasteiger charge is 2.39. The minimum atomic E-state index is -0.433. The molecule has 0 aliphatic carbocycles. The van der Waals surface area contributed by atoms with E-state index in [1.54, 1.807) is 13.3 Å². The molecule has 0 spiro atoms. The highest BCUT2D eigenvalue weighted by atomic mass is 35.5. The fraction of sp³-hybridized carbons (Fsp3) is 0.526. The maximum Gasteiger partial charge on any atom is 0.228 e. The summed E-state index contributed by atoms with van der Waals surface area (Å²) in [4.78, 5) is 17.2. The van der Waals surface area contributed by atoms with Gasteiger partial charge >= 0.3 is 0 Å². The van der Waals surface area contributed by atoms with Gasteiger partial charge in [-0.2, -0.15) is 5.10 Å². The molecule has 1 fully saturated rings. The van der Waals surface area contributed by atoms with E-state index >= 15 is 0 Å². The van der Waals surface area contributed by atoms with E-state index in [-0.39, 0.29) is 30.7 Å². The van der Waals surface area contributed by atoms with Crippen LogP contribution >= 0.6 is 24.8 Å². The number of hydrogen-bond donors (Lipinski definition) is 2. The molecule has 3 rings (SSSR count). The predicted octanol–water partition coefficient (Wildman–Crippen LogP) is 2.36. The molecule has 1 aliphatic rings. The molecular weight excluding hydrogens is 401 g/mol. The molecule has 2 aromatic rings. The van der Waals surface area contributed by atoms with Gasteiger partial charge in [0.25, 0.3) is 0 Å². The molecule has 3 heterocycles. The molecule has 0 saturated carbocycles. The van der Waals surface area contributed by atoms with E-state index in [9.17, 15) is 4.79 Å². The van der Waals surface area contributed by atoms with Crippen molar-refractivity contribution < 1.29 is 9.53 Å². The second-order valence-corrected chi connectivity index (χ2v) is 7.01. The molecular formula is C19H29Cl2N5O2. The molecule has 2 N–H and O–H groups in total. The Morgan fingerprint density at radius 3 is 2.54 bits per heavy atom. The molecule has 1 aliphatic heterocycles. The summed E-state index contributed by atoms with van der Waals surface area (Å²) >= 11 is 0. The molecule has 28 heavy (non-hydrogen) atoms. The third-order valence-electron chi connectivity index (χ3n) is 4.95. The predicted molar refractivity (Wildman–Crippen MR) is 114 cm³/mol. The van der Waals surface area contributed by atoms with Crippen molar-refractivity contribution in [2.45, 2.75) is 33.2 Å². The van der Waals surface area contributed by atoms with Gasteiger partial charge in [0.2, 0.25) is 5.91 Å². The van der Waals surface area contributed by atoms with Gasteiger partial charge in [-0.3, -0.25) is 4.79 Å². The Morgan fingerprint density at radius 1 is 1.29 bits per heavy atom. The van der Waals surface area contributed by atoms with E-state index in [1.165, 1.54) is 0 Å². The van der Waals surface area contributed by atoms with Gasteiger partial charge in [0.05, 0.1) is 17.7 Å². The van der Waals surface area contributed by atoms with Crippen molar-refractivity contribution in [1.82, 2.24) is 25.4 Å². The Bertz CT molecular complexity index is 753. The van der Waals surface area contributed by atoms with Gasteiger partial charge in [0.15, 0.2) is 5.82 Å². The van der Waals surface area contributed by atoms with Crippen LogP contribution in [0.4, 0.5) is 0 Å². The van der Waals surface area contributed by atoms with Gasteiger partial charge in [0, 0.05) is 25.5 Å². The molecule has 156 valence electrons. The first-order valence-electron chi connectivity index (χ1n) is 9.01. The number of ether oxygens (including phenoxy) is 1. The van der Waals surface area contributed by atoms with Crippen LogP contribution in [-0.4, -0.2) is 47.5 Å². The summed E-state index contributed by atoms with van der Waals surface area (Å²) < 4.78 is 7.14. The van der Waals surface area contributed by atoms with E-state index < -0.39 is 5.41 Å². The lowest BCUT2D eigenvalue weighted by atomic mass is 9.78. The zero-order chi connectivity index (χ0) is 18.6. The van der Waals surface area contributed by atoms with Crippen molar-refractivity contribution in [3.8, 4) is 5.82 Å². The summed E-state index contributed by atoms with van der Waals surface area (Å²) in [5.41, 5.74) is 2.54. The lowest BCUT2D eigenvalue weighted by Crippen LogP contribution is -2.49. The number of methoxy groups -OCH3 is 1. The van der Waals surface area contributed by atoms with E-state index in [0.717, 1.165) is 48.7 Å². The number of aryl methyl sites for hydroxylation is 2. The van der Waals surface area contributed by atoms with E-state index in [1.807, 2.05) is 36.7 Å². The molecule has 1 amide bonds. The Kier molecular flexibility index (Phi) is 9.36. The number of rotatable bonds is 6. The number of aromatic nitrogens is 3. The van der Waals surface area contributed by atoms with Crippen LogP contribution in [-0.2, 0) is 16.1 Å². The van der Waals surface area contributed by atoms with E-state index in [4.69, 9.17) is 4.74 Å². The van der Waals surface area contributed by atoms with Crippen molar-refractivity contribution in [3.05, 3.63) is 41.3 Å². The van der Waals surface area contributed by atoms with Crippen molar-refractivity contribution in [1.29, 1.82) is 0 Å². The Morgan fingerprint density at radius 2 is 2.00 bits per heavy atom. The number of pyridine rings is 1. The summed E-state index contributed by atoms with van der Waals surface area (Å²) in [5, 5.41) is 10.8. The first kappa shape index (κ1) is 24.4. The molecule has 0 atom stereocenters. The molecule has 0 aromatic carbocycles. The standard InChI is InChI=1S/C19H27N5O2.2ClH/c1-14-10-15(2)24(23-14)17-5-4-16(11-21-17)12-22-18(25)19(13-26-3)6-8-20-9-7-19;;/h4-5,10-11,20H,6-9,12-13H2,1-3H3,(H,22,25);2*1H. The number of piperidine rings is 1. The van der Waals surface area contributed by atoms with Crippen LogP contribution in [0.15, 0.2) is 24.4 Å². The SMILES string of the molecule is COCC1(C(=O)NCc2ccc(-n3nc(C)cc3C)nc2)CCNCC1.Cl.Cl. The van der Waals surface area contributed by atoms with Crippen LogP contribution in [0.1, 0.15) is 29.8 Å². The van der Waals surface area contributed by atoms with Gasteiger partial charge in [-0.05, 0) is 57.5 Å². The van der Waals surface area contributed by atoms with E-state index in [2.05, 4.69) is 20.7 Å². The molecule has 1 saturated heterocycles. The normalized spacial score (nSPS) is 15.2. The zero-order valence-electron chi connectivity index (χ0n) is 16.5. The fourth-order valence-electron chi connectivity index (χ4n) is 3.50. The van der Waals surface area contributed by atoms with Crippen LogP contribution < -0.4 is 10.6 Å². The first-order chi connectivity index (χ1) is 12.5. The van der Waals surface area contributed by atoms with Crippen molar-refractivity contribution in [2.75, 3.05) is 26.8 Å². The number of carbonyl (C=O) groups is 1. The minimum Gasteiger partial charge on any atom is -0.384 e. The third-order valence-corrected chi connectivity index (χ3v) is 4.95. The number of hydrogen-bond acceptors (Lipinski definition) is 5. The second kappa shape index (κ2) is 10.8. The first-order valence-corrected chi connectivity index (χ1v) is 9.01. The van der Waals surface area contributed by atoms with Gasteiger partial charge in [0.1, 0.15) is 0 Å². The number of halogens is 2. The lowest BCUT2D eigenvalue weighted by Gasteiger charge is -2.35. The quantitative estimate of drug-likeness (QED) is 0.736. The average Bonchev–Trinajstić information content (AvgIpc) is 2.99. The molecule has 2 aromatic heterocycles. The molecule has 0 bridgehead atoms. The van der Waals surface area contributed by atoms with Crippen LogP contribution in [0.3, 0.4) is 0 Å². The topological polar surface area (TPSA) is 81.1 Å². The highest BCUT2D eigenvalue weighted by molar-refractivity contribution is 5.85. The summed E-state index contributed by atoms with van der Waals surface area (Å²) in [7, 11) is 1.65. The minimum absolute atomic E-state index is 0. The summed E-state index contributed by atoms with van der Waals surface area (Å²) in [5.74, 6) is 0.836. The third kappa shape index (κ3) is 5.44. The van der Waals surface area contributed by atoms with Crippen molar-refractivity contribution in [3.63, 3.8) is 0 Å². The molecule has 7 nitrogen and oxygen atoms in total. The highest BCUT2D eigenvalue weighted by Crippen LogP contribution is 2.29. The van der Waals surface area contributed by atoms with Gasteiger partial charge < -0.3 is 15.4 Å². The molecule has 0 unspecified atom stereocenters. The maximum atomic E-state index is 12.8. The van der Waals surface area contributed by atoms with Crippen LogP contribution in [0, 0.1) is 19.3 Å². The molecule has 9 heteroatoms. The maximum absolute atomic E-state index is 12.8. The van der Waals surface area contributed by atoms with Crippen molar-refractivity contribution >= 4 is 30.7 Å². The second-order valence-electron chi connectivity index (χ2n) is 7.01.